The van der Waals surface area contributed by atoms with Gasteiger partial charge < -0.3 is 23.9 Å². The summed E-state index contributed by atoms with van der Waals surface area (Å²) >= 11 is 0. The van der Waals surface area contributed by atoms with Crippen LogP contribution in [0.4, 0.5) is 0 Å². The summed E-state index contributed by atoms with van der Waals surface area (Å²) in [5.74, 6) is 0.454. The van der Waals surface area contributed by atoms with Crippen LogP contribution in [0.25, 0.3) is 5.76 Å². The second-order valence-corrected chi connectivity index (χ2v) is 8.03. The van der Waals surface area contributed by atoms with Gasteiger partial charge in [-0.3, -0.25) is 9.59 Å². The lowest BCUT2D eigenvalue weighted by Crippen LogP contribution is -2.31. The molecule has 0 saturated carbocycles. The number of benzene rings is 2. The molecule has 1 saturated heterocycles. The van der Waals surface area contributed by atoms with Gasteiger partial charge in [-0.1, -0.05) is 30.3 Å². The zero-order valence-corrected chi connectivity index (χ0v) is 18.1. The molecule has 3 aromatic rings. The van der Waals surface area contributed by atoms with Crippen LogP contribution in [0, 0.1) is 6.92 Å². The molecule has 3 heterocycles. The number of carbonyl (C=O) groups excluding carboxylic acids is 2. The van der Waals surface area contributed by atoms with Gasteiger partial charge in [-0.25, -0.2) is 0 Å². The van der Waals surface area contributed by atoms with Gasteiger partial charge in [0.2, 0.25) is 0 Å². The highest BCUT2D eigenvalue weighted by molar-refractivity contribution is 6.46. The minimum atomic E-state index is -0.824. The van der Waals surface area contributed by atoms with Crippen molar-refractivity contribution in [3.8, 4) is 11.5 Å². The molecule has 0 radical (unpaired) electrons. The number of ether oxygens (including phenoxy) is 2. The van der Waals surface area contributed by atoms with E-state index in [1.807, 2.05) is 30.3 Å². The van der Waals surface area contributed by atoms with Crippen LogP contribution < -0.4 is 9.47 Å². The van der Waals surface area contributed by atoms with Gasteiger partial charge in [0.05, 0.1) is 5.57 Å². The van der Waals surface area contributed by atoms with Gasteiger partial charge in [0, 0.05) is 12.1 Å². The van der Waals surface area contributed by atoms with Crippen molar-refractivity contribution in [1.82, 2.24) is 4.90 Å². The first-order valence-electron chi connectivity index (χ1n) is 10.8. The predicted octanol–water partition coefficient (Wildman–Crippen LogP) is 4.02. The second-order valence-electron chi connectivity index (χ2n) is 8.03. The zero-order valence-electron chi connectivity index (χ0n) is 18.1. The Balaban J connectivity index is 1.56. The van der Waals surface area contributed by atoms with Gasteiger partial charge in [0.15, 0.2) is 11.5 Å². The molecule has 1 aromatic heterocycles. The number of aliphatic hydroxyl groups excluding tert-OH is 1. The molecule has 0 aliphatic carbocycles. The number of furan rings is 1. The number of likely N-dealkylation sites (tertiary alicyclic amines) is 1. The van der Waals surface area contributed by atoms with Crippen LogP contribution in [0.2, 0.25) is 0 Å². The maximum absolute atomic E-state index is 13.1. The summed E-state index contributed by atoms with van der Waals surface area (Å²) in [6, 6.07) is 17.4. The standard InChI is InChI=1S/C26H23NO6/c1-16-7-9-20(33-16)23-22(24(28)18-8-10-19-21(15-18)32-14-13-31-19)25(29)26(30)27(23)12-11-17-5-3-2-4-6-17/h2-10,15,23,28H,11-14H2,1H3/b24-22-. The van der Waals surface area contributed by atoms with Crippen molar-refractivity contribution in [1.29, 1.82) is 0 Å². The maximum Gasteiger partial charge on any atom is 0.295 e. The Hall–Kier alpha value is -4.00. The number of carbonyl (C=O) groups is 2. The molecule has 1 N–H and O–H groups in total. The largest absolute Gasteiger partial charge is 0.507 e. The summed E-state index contributed by atoms with van der Waals surface area (Å²) < 4.78 is 17.0. The van der Waals surface area contributed by atoms with E-state index in [0.29, 0.717) is 54.8 Å². The van der Waals surface area contributed by atoms with Crippen molar-refractivity contribution in [2.45, 2.75) is 19.4 Å². The fourth-order valence-electron chi connectivity index (χ4n) is 4.25. The number of rotatable bonds is 5. The molecule has 2 aliphatic rings. The van der Waals surface area contributed by atoms with Crippen LogP contribution in [0.3, 0.4) is 0 Å². The molecule has 1 atom stereocenters. The van der Waals surface area contributed by atoms with Gasteiger partial charge in [-0.2, -0.15) is 0 Å². The summed E-state index contributed by atoms with van der Waals surface area (Å²) in [4.78, 5) is 27.6. The fourth-order valence-corrected chi connectivity index (χ4v) is 4.25. The van der Waals surface area contributed by atoms with E-state index < -0.39 is 17.7 Å². The Kier molecular flexibility index (Phi) is 5.38. The third-order valence-electron chi connectivity index (χ3n) is 5.87. The van der Waals surface area contributed by atoms with Crippen molar-refractivity contribution in [2.24, 2.45) is 0 Å². The van der Waals surface area contributed by atoms with E-state index in [-0.39, 0.29) is 11.3 Å². The van der Waals surface area contributed by atoms with E-state index in [9.17, 15) is 14.7 Å². The van der Waals surface area contributed by atoms with E-state index in [1.165, 1.54) is 4.90 Å². The summed E-state index contributed by atoms with van der Waals surface area (Å²) in [5, 5.41) is 11.2. The number of hydrogen-bond donors (Lipinski definition) is 1. The number of fused-ring (bicyclic) bond motifs is 1. The van der Waals surface area contributed by atoms with Crippen LogP contribution in [-0.4, -0.2) is 41.5 Å². The van der Waals surface area contributed by atoms with Crippen LogP contribution in [0.15, 0.2) is 70.7 Å². The highest BCUT2D eigenvalue weighted by Gasteiger charge is 2.47. The lowest BCUT2D eigenvalue weighted by molar-refractivity contribution is -0.140. The molecule has 7 nitrogen and oxygen atoms in total. The topological polar surface area (TPSA) is 89.2 Å². The van der Waals surface area contributed by atoms with E-state index in [0.717, 1.165) is 5.56 Å². The van der Waals surface area contributed by atoms with Gasteiger partial charge in [-0.05, 0) is 49.2 Å². The lowest BCUT2D eigenvalue weighted by atomic mass is 9.99. The highest BCUT2D eigenvalue weighted by Crippen LogP contribution is 2.41. The number of ketones is 1. The summed E-state index contributed by atoms with van der Waals surface area (Å²) in [5.41, 5.74) is 1.41. The SMILES string of the molecule is Cc1ccc(C2/C(=C(/O)c3ccc4c(c3)OCCO4)C(=O)C(=O)N2CCc2ccccc2)o1. The summed E-state index contributed by atoms with van der Waals surface area (Å²) in [6.07, 6.45) is 0.564. The molecule has 7 heteroatoms. The molecule has 5 rings (SSSR count). The molecular formula is C26H23NO6. The van der Waals surface area contributed by atoms with Crippen LogP contribution in [0.1, 0.15) is 28.7 Å². The molecule has 0 bridgehead atoms. The summed E-state index contributed by atoms with van der Waals surface area (Å²) in [6.45, 7) is 2.94. The Morgan fingerprint density at radius 2 is 1.76 bits per heavy atom. The van der Waals surface area contributed by atoms with Gasteiger partial charge >= 0.3 is 0 Å². The predicted molar refractivity (Wildman–Crippen MR) is 120 cm³/mol. The molecule has 33 heavy (non-hydrogen) atoms. The molecule has 0 spiro atoms. The van der Waals surface area contributed by atoms with Crippen LogP contribution in [0.5, 0.6) is 11.5 Å². The first kappa shape index (κ1) is 20.9. The third kappa shape index (κ3) is 3.86. The molecule has 2 aliphatic heterocycles. The zero-order chi connectivity index (χ0) is 22.9. The number of hydrogen-bond acceptors (Lipinski definition) is 6. The van der Waals surface area contributed by atoms with Crippen LogP contribution >= 0.6 is 0 Å². The lowest BCUT2D eigenvalue weighted by Gasteiger charge is -2.23. The van der Waals surface area contributed by atoms with E-state index in [1.54, 1.807) is 37.3 Å². The first-order chi connectivity index (χ1) is 16.0. The van der Waals surface area contributed by atoms with E-state index in [2.05, 4.69) is 0 Å². The minimum Gasteiger partial charge on any atom is -0.507 e. The quantitative estimate of drug-likeness (QED) is 0.362. The average molecular weight is 445 g/mol. The van der Waals surface area contributed by atoms with Crippen molar-refractivity contribution in [3.63, 3.8) is 0 Å². The fraction of sp³-hybridized carbons (Fsp3) is 0.231. The molecule has 1 unspecified atom stereocenters. The van der Waals surface area contributed by atoms with Gasteiger partial charge in [-0.15, -0.1) is 0 Å². The van der Waals surface area contributed by atoms with E-state index in [4.69, 9.17) is 13.9 Å². The smallest absolute Gasteiger partial charge is 0.295 e. The highest BCUT2D eigenvalue weighted by atomic mass is 16.6. The van der Waals surface area contributed by atoms with Crippen LogP contribution in [-0.2, 0) is 16.0 Å². The number of aryl methyl sites for hydroxylation is 1. The van der Waals surface area contributed by atoms with Crippen molar-refractivity contribution < 1.29 is 28.6 Å². The molecule has 1 fully saturated rings. The normalized spacial score (nSPS) is 19.2. The molecule has 1 amide bonds. The number of nitrogens with zero attached hydrogens (tertiary/aromatic N) is 1. The van der Waals surface area contributed by atoms with Crippen molar-refractivity contribution in [3.05, 3.63) is 88.9 Å². The maximum atomic E-state index is 13.1. The molecule has 2 aromatic carbocycles. The Morgan fingerprint density at radius 3 is 2.48 bits per heavy atom. The van der Waals surface area contributed by atoms with Gasteiger partial charge in [0.1, 0.15) is 36.5 Å². The minimum absolute atomic E-state index is 0.000843. The Bertz CT molecular complexity index is 1240. The monoisotopic (exact) mass is 445 g/mol. The van der Waals surface area contributed by atoms with Crippen molar-refractivity contribution >= 4 is 17.4 Å². The molecular weight excluding hydrogens is 422 g/mol. The Morgan fingerprint density at radius 1 is 1.00 bits per heavy atom. The molecule has 168 valence electrons. The van der Waals surface area contributed by atoms with Gasteiger partial charge in [0.25, 0.3) is 11.7 Å². The number of aliphatic hydroxyl groups is 1. The van der Waals surface area contributed by atoms with Crippen molar-refractivity contribution in [2.75, 3.05) is 19.8 Å². The first-order valence-corrected chi connectivity index (χ1v) is 10.8. The third-order valence-corrected chi connectivity index (χ3v) is 5.87. The average Bonchev–Trinajstić information content (AvgIpc) is 3.38. The number of Topliss-reactive ketones (excluding diaryl/α,β-unsaturated/α-hetero) is 1. The Labute approximate surface area is 190 Å². The number of amides is 1. The second kappa shape index (κ2) is 8.50. The summed E-state index contributed by atoms with van der Waals surface area (Å²) in [7, 11) is 0. The van der Waals surface area contributed by atoms with E-state index >= 15 is 0 Å².